The Morgan fingerprint density at radius 2 is 2.19 bits per heavy atom. The van der Waals surface area contributed by atoms with E-state index in [1.807, 2.05) is 39.1 Å². The Bertz CT molecular complexity index is 803. The number of aryl methyl sites for hydroxylation is 1. The van der Waals surface area contributed by atoms with Crippen molar-refractivity contribution in [3.05, 3.63) is 39.8 Å². The number of rotatable bonds is 7. The minimum absolute atomic E-state index is 0.138. The number of hydrogen-bond acceptors (Lipinski definition) is 5. The third-order valence-electron chi connectivity index (χ3n) is 3.75. The van der Waals surface area contributed by atoms with Gasteiger partial charge < -0.3 is 20.3 Å². The van der Waals surface area contributed by atoms with Crippen LogP contribution in [0.5, 0.6) is 5.75 Å². The molecule has 27 heavy (non-hydrogen) atoms. The second-order valence-electron chi connectivity index (χ2n) is 6.10. The summed E-state index contributed by atoms with van der Waals surface area (Å²) >= 11 is 1.65. The number of thiazole rings is 1. The fourth-order valence-corrected chi connectivity index (χ4v) is 3.18. The zero-order valence-corrected chi connectivity index (χ0v) is 17.3. The first-order valence-corrected chi connectivity index (χ1v) is 9.65. The number of anilines is 1. The lowest BCUT2D eigenvalue weighted by molar-refractivity contribution is -0.114. The predicted octanol–water partition coefficient (Wildman–Crippen LogP) is 3.02. The molecule has 0 aliphatic rings. The maximum atomic E-state index is 11.4. The smallest absolute Gasteiger partial charge is 0.221 e. The number of nitrogens with zero attached hydrogens (tertiary/aromatic N) is 3. The zero-order chi connectivity index (χ0) is 19.8. The molecule has 2 N–H and O–H groups in total. The lowest BCUT2D eigenvalue weighted by atomic mass is 10.2. The molecule has 146 valence electrons. The SMILES string of the molecule is CCNC(=NCc1ccc(OC)c(NC(C)=O)c1)N(C)Cc1csc(C)n1. The van der Waals surface area contributed by atoms with E-state index in [9.17, 15) is 4.79 Å². The van der Waals surface area contributed by atoms with E-state index in [4.69, 9.17) is 9.73 Å². The van der Waals surface area contributed by atoms with E-state index >= 15 is 0 Å². The van der Waals surface area contributed by atoms with Crippen molar-refractivity contribution in [1.82, 2.24) is 15.2 Å². The molecular weight excluding hydrogens is 362 g/mol. The van der Waals surface area contributed by atoms with E-state index in [1.54, 1.807) is 18.4 Å². The Hall–Kier alpha value is -2.61. The average molecular weight is 390 g/mol. The van der Waals surface area contributed by atoms with Crippen LogP contribution in [0.3, 0.4) is 0 Å². The second-order valence-corrected chi connectivity index (χ2v) is 7.16. The van der Waals surface area contributed by atoms with Gasteiger partial charge in [-0.3, -0.25) is 4.79 Å². The third kappa shape index (κ3) is 6.25. The van der Waals surface area contributed by atoms with Gasteiger partial charge in [0.25, 0.3) is 0 Å². The van der Waals surface area contributed by atoms with Crippen LogP contribution in [-0.2, 0) is 17.9 Å². The first-order chi connectivity index (χ1) is 12.9. The molecule has 0 bridgehead atoms. The van der Waals surface area contributed by atoms with Gasteiger partial charge in [0.1, 0.15) is 5.75 Å². The fraction of sp³-hybridized carbons (Fsp3) is 0.421. The lowest BCUT2D eigenvalue weighted by Gasteiger charge is -2.21. The molecule has 1 amide bonds. The Balaban J connectivity index is 2.14. The first-order valence-electron chi connectivity index (χ1n) is 8.77. The molecule has 7 nitrogen and oxygen atoms in total. The molecular formula is C19H27N5O2S. The van der Waals surface area contributed by atoms with Crippen LogP contribution in [-0.4, -0.2) is 42.5 Å². The van der Waals surface area contributed by atoms with E-state index in [1.165, 1.54) is 6.92 Å². The van der Waals surface area contributed by atoms with Gasteiger partial charge >= 0.3 is 0 Å². The van der Waals surface area contributed by atoms with E-state index in [2.05, 4.69) is 25.9 Å². The minimum atomic E-state index is -0.138. The molecule has 1 aromatic carbocycles. The van der Waals surface area contributed by atoms with Gasteiger partial charge in [0.05, 0.1) is 36.6 Å². The van der Waals surface area contributed by atoms with Crippen LogP contribution < -0.4 is 15.4 Å². The first kappa shape index (κ1) is 20.7. The molecule has 1 heterocycles. The molecule has 0 saturated carbocycles. The molecule has 2 rings (SSSR count). The number of carbonyl (C=O) groups is 1. The highest BCUT2D eigenvalue weighted by Gasteiger charge is 2.10. The quantitative estimate of drug-likeness (QED) is 0.562. The molecule has 0 radical (unpaired) electrons. The number of methoxy groups -OCH3 is 1. The molecule has 0 spiro atoms. The third-order valence-corrected chi connectivity index (χ3v) is 4.57. The summed E-state index contributed by atoms with van der Waals surface area (Å²) in [5, 5.41) is 9.22. The molecule has 0 fully saturated rings. The van der Waals surface area contributed by atoms with Crippen molar-refractivity contribution in [1.29, 1.82) is 0 Å². The van der Waals surface area contributed by atoms with Crippen LogP contribution in [0.25, 0.3) is 0 Å². The number of hydrogen-bond donors (Lipinski definition) is 2. The summed E-state index contributed by atoms with van der Waals surface area (Å²) < 4.78 is 5.29. The number of aromatic nitrogens is 1. The summed E-state index contributed by atoms with van der Waals surface area (Å²) in [7, 11) is 3.57. The second kappa shape index (κ2) is 9.91. The molecule has 8 heteroatoms. The van der Waals surface area contributed by atoms with Crippen LogP contribution in [0.15, 0.2) is 28.6 Å². The molecule has 0 unspecified atom stereocenters. The molecule has 0 aliphatic heterocycles. The maximum absolute atomic E-state index is 11.4. The average Bonchev–Trinajstić information content (AvgIpc) is 3.03. The Labute approximate surface area is 164 Å². The maximum Gasteiger partial charge on any atom is 0.221 e. The van der Waals surface area contributed by atoms with Gasteiger partial charge in [0.15, 0.2) is 5.96 Å². The number of ether oxygens (including phenoxy) is 1. The zero-order valence-electron chi connectivity index (χ0n) is 16.5. The summed E-state index contributed by atoms with van der Waals surface area (Å²) in [6.45, 7) is 7.47. The summed E-state index contributed by atoms with van der Waals surface area (Å²) in [6.07, 6.45) is 0. The minimum Gasteiger partial charge on any atom is -0.495 e. The van der Waals surface area contributed by atoms with E-state index in [0.29, 0.717) is 24.5 Å². The van der Waals surface area contributed by atoms with Gasteiger partial charge in [-0.05, 0) is 31.5 Å². The predicted molar refractivity (Wildman–Crippen MR) is 110 cm³/mol. The van der Waals surface area contributed by atoms with E-state index < -0.39 is 0 Å². The highest BCUT2D eigenvalue weighted by atomic mass is 32.1. The number of carbonyl (C=O) groups excluding carboxylic acids is 1. The number of guanidine groups is 1. The molecule has 0 aliphatic carbocycles. The largest absolute Gasteiger partial charge is 0.495 e. The van der Waals surface area contributed by atoms with Crippen molar-refractivity contribution in [3.8, 4) is 5.75 Å². The fourth-order valence-electron chi connectivity index (χ4n) is 2.58. The number of amides is 1. The highest BCUT2D eigenvalue weighted by Crippen LogP contribution is 2.25. The van der Waals surface area contributed by atoms with E-state index in [0.717, 1.165) is 28.8 Å². The van der Waals surface area contributed by atoms with Crippen LogP contribution in [0.1, 0.15) is 30.1 Å². The Morgan fingerprint density at radius 3 is 2.78 bits per heavy atom. The molecule has 0 saturated heterocycles. The van der Waals surface area contributed by atoms with Crippen molar-refractivity contribution in [2.24, 2.45) is 4.99 Å². The van der Waals surface area contributed by atoms with Crippen LogP contribution in [0.2, 0.25) is 0 Å². The van der Waals surface area contributed by atoms with Crippen LogP contribution in [0.4, 0.5) is 5.69 Å². The molecule has 2 aromatic rings. The van der Waals surface area contributed by atoms with Gasteiger partial charge in [-0.1, -0.05) is 6.07 Å². The van der Waals surface area contributed by atoms with Gasteiger partial charge in [-0.15, -0.1) is 11.3 Å². The van der Waals surface area contributed by atoms with Crippen molar-refractivity contribution in [2.75, 3.05) is 26.0 Å². The number of benzene rings is 1. The number of aliphatic imine (C=N–C) groups is 1. The van der Waals surface area contributed by atoms with Gasteiger partial charge in [-0.25, -0.2) is 9.98 Å². The Kier molecular flexibility index (Phi) is 7.60. The van der Waals surface area contributed by atoms with Gasteiger partial charge in [0, 0.05) is 25.9 Å². The summed E-state index contributed by atoms with van der Waals surface area (Å²) in [4.78, 5) is 22.7. The monoisotopic (exact) mass is 389 g/mol. The van der Waals surface area contributed by atoms with Crippen molar-refractivity contribution in [2.45, 2.75) is 33.9 Å². The standard InChI is InChI=1S/C19H27N5O2S/c1-6-20-19(24(4)11-16-12-27-14(3)23-16)21-10-15-7-8-18(26-5)17(9-15)22-13(2)25/h7-9,12H,6,10-11H2,1-5H3,(H,20,21)(H,22,25). The summed E-state index contributed by atoms with van der Waals surface area (Å²) in [6, 6.07) is 5.67. The molecule has 0 atom stereocenters. The Morgan fingerprint density at radius 1 is 1.41 bits per heavy atom. The normalized spacial score (nSPS) is 11.2. The van der Waals surface area contributed by atoms with Crippen LogP contribution >= 0.6 is 11.3 Å². The summed E-state index contributed by atoms with van der Waals surface area (Å²) in [5.41, 5.74) is 2.66. The van der Waals surface area contributed by atoms with Crippen LogP contribution in [0, 0.1) is 6.92 Å². The highest BCUT2D eigenvalue weighted by molar-refractivity contribution is 7.09. The van der Waals surface area contributed by atoms with E-state index in [-0.39, 0.29) is 5.91 Å². The van der Waals surface area contributed by atoms with Crippen molar-refractivity contribution < 1.29 is 9.53 Å². The topological polar surface area (TPSA) is 78.9 Å². The van der Waals surface area contributed by atoms with Gasteiger partial charge in [0.2, 0.25) is 5.91 Å². The summed E-state index contributed by atoms with van der Waals surface area (Å²) in [5.74, 6) is 1.29. The molecule has 1 aromatic heterocycles. The number of nitrogens with one attached hydrogen (secondary N) is 2. The van der Waals surface area contributed by atoms with Crippen molar-refractivity contribution in [3.63, 3.8) is 0 Å². The lowest BCUT2D eigenvalue weighted by Crippen LogP contribution is -2.38. The van der Waals surface area contributed by atoms with Gasteiger partial charge in [-0.2, -0.15) is 0 Å². The van der Waals surface area contributed by atoms with Crippen molar-refractivity contribution >= 4 is 28.9 Å².